The number of hydrogen-bond acceptors (Lipinski definition) is 2. The van der Waals surface area contributed by atoms with Crippen LogP contribution in [0.5, 0.6) is 0 Å². The Bertz CT molecular complexity index is 574. The van der Waals surface area contributed by atoms with E-state index in [2.05, 4.69) is 0 Å². The van der Waals surface area contributed by atoms with Crippen molar-refractivity contribution < 1.29 is 0 Å². The number of rotatable bonds is 2. The van der Waals surface area contributed by atoms with E-state index in [1.807, 2.05) is 18.4 Å². The van der Waals surface area contributed by atoms with Gasteiger partial charge in [-0.05, 0) is 24.6 Å². The number of aryl methyl sites for hydroxylation is 1. The van der Waals surface area contributed by atoms with E-state index < -0.39 is 0 Å². The van der Waals surface area contributed by atoms with Crippen LogP contribution in [0.2, 0.25) is 10.0 Å². The molecule has 16 heavy (non-hydrogen) atoms. The van der Waals surface area contributed by atoms with Crippen molar-refractivity contribution in [1.29, 1.82) is 0 Å². The van der Waals surface area contributed by atoms with Gasteiger partial charge in [-0.3, -0.25) is 8.75 Å². The summed E-state index contributed by atoms with van der Waals surface area (Å²) in [5.74, 6) is 0. The Hall–Kier alpha value is -0.770. The van der Waals surface area contributed by atoms with E-state index in [9.17, 15) is 4.79 Å². The lowest BCUT2D eigenvalue weighted by atomic mass is 10.2. The molecule has 0 atom stereocenters. The average molecular weight is 274 g/mol. The maximum absolute atomic E-state index is 11.6. The summed E-state index contributed by atoms with van der Waals surface area (Å²) in [6.07, 6.45) is 0. The second-order valence-electron chi connectivity index (χ2n) is 3.50. The van der Waals surface area contributed by atoms with E-state index >= 15 is 0 Å². The van der Waals surface area contributed by atoms with Gasteiger partial charge >= 0.3 is 0 Å². The second kappa shape index (κ2) is 4.62. The Balaban J connectivity index is 2.31. The van der Waals surface area contributed by atoms with Gasteiger partial charge in [-0.1, -0.05) is 40.8 Å². The van der Waals surface area contributed by atoms with E-state index in [1.165, 1.54) is 11.5 Å². The van der Waals surface area contributed by atoms with Gasteiger partial charge in [-0.15, -0.1) is 0 Å². The Morgan fingerprint density at radius 2 is 2.06 bits per heavy atom. The molecule has 5 heteroatoms. The monoisotopic (exact) mass is 273 g/mol. The van der Waals surface area contributed by atoms with Crippen LogP contribution in [-0.2, 0) is 6.54 Å². The van der Waals surface area contributed by atoms with Gasteiger partial charge in [-0.2, -0.15) is 0 Å². The van der Waals surface area contributed by atoms with Gasteiger partial charge in [0.15, 0.2) is 0 Å². The van der Waals surface area contributed by atoms with Crippen LogP contribution in [-0.4, -0.2) is 3.96 Å². The zero-order valence-electron chi connectivity index (χ0n) is 8.54. The maximum Gasteiger partial charge on any atom is 0.263 e. The highest BCUT2D eigenvalue weighted by Crippen LogP contribution is 2.23. The molecule has 0 radical (unpaired) electrons. The van der Waals surface area contributed by atoms with E-state index in [-0.39, 0.29) is 5.56 Å². The smallest absolute Gasteiger partial charge is 0.263 e. The third kappa shape index (κ3) is 2.32. The normalized spacial score (nSPS) is 10.7. The van der Waals surface area contributed by atoms with Crippen molar-refractivity contribution in [3.8, 4) is 0 Å². The summed E-state index contributed by atoms with van der Waals surface area (Å²) < 4.78 is 1.69. The minimum Gasteiger partial charge on any atom is -0.268 e. The van der Waals surface area contributed by atoms with Crippen molar-refractivity contribution >= 4 is 34.7 Å². The van der Waals surface area contributed by atoms with Gasteiger partial charge in [0.25, 0.3) is 5.56 Å². The Morgan fingerprint density at radius 1 is 1.31 bits per heavy atom. The van der Waals surface area contributed by atoms with Crippen molar-refractivity contribution in [3.63, 3.8) is 0 Å². The first-order chi connectivity index (χ1) is 7.58. The third-order valence-corrected chi connectivity index (χ3v) is 3.98. The van der Waals surface area contributed by atoms with Crippen LogP contribution in [0.3, 0.4) is 0 Å². The predicted octanol–water partition coefficient (Wildman–Crippen LogP) is 3.57. The quantitative estimate of drug-likeness (QED) is 0.820. The minimum absolute atomic E-state index is 0.0519. The van der Waals surface area contributed by atoms with Gasteiger partial charge in [0.1, 0.15) is 0 Å². The number of hydrogen-bond donors (Lipinski definition) is 0. The molecule has 0 saturated carbocycles. The van der Waals surface area contributed by atoms with Crippen LogP contribution < -0.4 is 5.56 Å². The molecule has 0 aliphatic heterocycles. The molecule has 2 aromatic rings. The standard InChI is InChI=1S/C11H9Cl2NOS/c1-7-6-16-14(11(7)15)5-8-2-3-9(12)10(13)4-8/h2-4,6H,5H2,1H3. The number of halogens is 2. The summed E-state index contributed by atoms with van der Waals surface area (Å²) in [4.78, 5) is 11.6. The molecule has 0 amide bonds. The second-order valence-corrected chi connectivity index (χ2v) is 5.20. The summed E-state index contributed by atoms with van der Waals surface area (Å²) in [6.45, 7) is 2.35. The molecule has 0 bridgehead atoms. The zero-order chi connectivity index (χ0) is 11.7. The molecule has 1 aromatic carbocycles. The average Bonchev–Trinajstić information content (AvgIpc) is 2.55. The lowest BCUT2D eigenvalue weighted by Crippen LogP contribution is -2.15. The molecule has 0 fully saturated rings. The maximum atomic E-state index is 11.6. The predicted molar refractivity (Wildman–Crippen MR) is 68.9 cm³/mol. The first-order valence-electron chi connectivity index (χ1n) is 4.67. The molecule has 0 aliphatic rings. The Kier molecular flexibility index (Phi) is 3.38. The van der Waals surface area contributed by atoms with E-state index in [4.69, 9.17) is 23.2 Å². The van der Waals surface area contributed by atoms with E-state index in [1.54, 1.807) is 16.1 Å². The fourth-order valence-corrected chi connectivity index (χ4v) is 2.52. The lowest BCUT2D eigenvalue weighted by molar-refractivity contribution is 0.844. The van der Waals surface area contributed by atoms with Crippen molar-refractivity contribution in [2.24, 2.45) is 0 Å². The fraction of sp³-hybridized carbons (Fsp3) is 0.182. The van der Waals surface area contributed by atoms with Crippen molar-refractivity contribution in [1.82, 2.24) is 3.96 Å². The van der Waals surface area contributed by atoms with Gasteiger partial charge in [0.05, 0.1) is 16.6 Å². The van der Waals surface area contributed by atoms with E-state index in [0.29, 0.717) is 16.6 Å². The van der Waals surface area contributed by atoms with Crippen molar-refractivity contribution in [3.05, 3.63) is 55.1 Å². The number of benzene rings is 1. The summed E-state index contributed by atoms with van der Waals surface area (Å²) in [5.41, 5.74) is 1.79. The van der Waals surface area contributed by atoms with Gasteiger partial charge in [-0.25, -0.2) is 0 Å². The highest BCUT2D eigenvalue weighted by Gasteiger charge is 2.04. The van der Waals surface area contributed by atoms with Crippen molar-refractivity contribution in [2.45, 2.75) is 13.5 Å². The summed E-state index contributed by atoms with van der Waals surface area (Å²) in [7, 11) is 0. The molecule has 0 N–H and O–H groups in total. The van der Waals surface area contributed by atoms with Gasteiger partial charge < -0.3 is 0 Å². The molecular formula is C11H9Cl2NOS. The summed E-state index contributed by atoms with van der Waals surface area (Å²) >= 11 is 13.1. The fourth-order valence-electron chi connectivity index (χ4n) is 1.35. The molecule has 84 valence electrons. The van der Waals surface area contributed by atoms with Gasteiger partial charge in [0, 0.05) is 10.9 Å². The van der Waals surface area contributed by atoms with Gasteiger partial charge in [0.2, 0.25) is 0 Å². The lowest BCUT2D eigenvalue weighted by Gasteiger charge is -2.03. The molecule has 1 heterocycles. The van der Waals surface area contributed by atoms with Crippen LogP contribution in [0.25, 0.3) is 0 Å². The van der Waals surface area contributed by atoms with Crippen LogP contribution in [0.1, 0.15) is 11.1 Å². The Labute approximate surface area is 107 Å². The Morgan fingerprint density at radius 3 is 2.62 bits per heavy atom. The molecule has 0 spiro atoms. The molecule has 2 rings (SSSR count). The van der Waals surface area contributed by atoms with Crippen molar-refractivity contribution in [2.75, 3.05) is 0 Å². The number of nitrogens with zero attached hydrogens (tertiary/aromatic N) is 1. The van der Waals surface area contributed by atoms with Crippen LogP contribution in [0.4, 0.5) is 0 Å². The molecule has 0 aliphatic carbocycles. The molecular weight excluding hydrogens is 265 g/mol. The summed E-state index contributed by atoms with van der Waals surface area (Å²) in [5, 5.41) is 2.89. The highest BCUT2D eigenvalue weighted by atomic mass is 35.5. The number of aromatic nitrogens is 1. The summed E-state index contributed by atoms with van der Waals surface area (Å²) in [6, 6.07) is 5.39. The zero-order valence-corrected chi connectivity index (χ0v) is 10.9. The van der Waals surface area contributed by atoms with Crippen LogP contribution >= 0.6 is 34.7 Å². The largest absolute Gasteiger partial charge is 0.268 e. The third-order valence-electron chi connectivity index (χ3n) is 2.23. The SMILES string of the molecule is Cc1csn(Cc2ccc(Cl)c(Cl)c2)c1=O. The first kappa shape index (κ1) is 11.7. The van der Waals surface area contributed by atoms with Crippen LogP contribution in [0, 0.1) is 6.92 Å². The minimum atomic E-state index is 0.0519. The highest BCUT2D eigenvalue weighted by molar-refractivity contribution is 7.04. The van der Waals surface area contributed by atoms with E-state index in [0.717, 1.165) is 11.1 Å². The molecule has 0 saturated heterocycles. The molecule has 1 aromatic heterocycles. The molecule has 0 unspecified atom stereocenters. The van der Waals surface area contributed by atoms with Crippen LogP contribution in [0.15, 0.2) is 28.4 Å². The molecule has 2 nitrogen and oxygen atoms in total. The topological polar surface area (TPSA) is 22.0 Å². The first-order valence-corrected chi connectivity index (χ1v) is 6.26.